The molecule has 0 heterocycles. The molecule has 1 unspecified atom stereocenters. The third-order valence-electron chi connectivity index (χ3n) is 3.92. The molecule has 18 heavy (non-hydrogen) atoms. The number of primary amides is 1. The first-order valence-corrected chi connectivity index (χ1v) is 6.36. The number of anilines is 2. The van der Waals surface area contributed by atoms with Crippen LogP contribution >= 0.6 is 0 Å². The lowest BCUT2D eigenvalue weighted by Crippen LogP contribution is -2.31. The number of amides is 1. The van der Waals surface area contributed by atoms with E-state index >= 15 is 0 Å². The van der Waals surface area contributed by atoms with Crippen molar-refractivity contribution < 1.29 is 4.79 Å². The summed E-state index contributed by atoms with van der Waals surface area (Å²) < 4.78 is 0. The Morgan fingerprint density at radius 3 is 2.72 bits per heavy atom. The van der Waals surface area contributed by atoms with Crippen molar-refractivity contribution in [1.29, 1.82) is 0 Å². The van der Waals surface area contributed by atoms with E-state index in [0.717, 1.165) is 12.1 Å². The zero-order valence-electron chi connectivity index (χ0n) is 11.0. The number of benzene rings is 1. The van der Waals surface area contributed by atoms with Crippen LogP contribution < -0.4 is 16.8 Å². The Morgan fingerprint density at radius 1 is 1.44 bits per heavy atom. The number of hydrogen-bond donors (Lipinski definition) is 3. The quantitative estimate of drug-likeness (QED) is 0.717. The highest BCUT2D eigenvalue weighted by atomic mass is 16.1. The maximum Gasteiger partial charge on any atom is 0.248 e. The van der Waals surface area contributed by atoms with Gasteiger partial charge in [0.1, 0.15) is 0 Å². The Balaban J connectivity index is 2.23. The van der Waals surface area contributed by atoms with E-state index in [1.165, 1.54) is 12.8 Å². The largest absolute Gasteiger partial charge is 0.397 e. The zero-order chi connectivity index (χ0) is 13.3. The molecule has 1 amide bonds. The van der Waals surface area contributed by atoms with Gasteiger partial charge in [0, 0.05) is 11.6 Å². The monoisotopic (exact) mass is 247 g/mol. The summed E-state index contributed by atoms with van der Waals surface area (Å²) in [6, 6.07) is 5.52. The van der Waals surface area contributed by atoms with Gasteiger partial charge >= 0.3 is 0 Å². The summed E-state index contributed by atoms with van der Waals surface area (Å²) in [6.45, 7) is 4.51. The SMILES string of the molecule is CC1(C)CCCC1Nc1cc(C(N)=O)ccc1N. The maximum absolute atomic E-state index is 11.2. The molecule has 1 fully saturated rings. The van der Waals surface area contributed by atoms with Crippen molar-refractivity contribution in [3.8, 4) is 0 Å². The molecule has 1 saturated carbocycles. The van der Waals surface area contributed by atoms with Crippen molar-refractivity contribution in [2.45, 2.75) is 39.2 Å². The first-order valence-electron chi connectivity index (χ1n) is 6.36. The lowest BCUT2D eigenvalue weighted by Gasteiger charge is -2.29. The first-order chi connectivity index (χ1) is 8.40. The lowest BCUT2D eigenvalue weighted by molar-refractivity contribution is 0.100. The van der Waals surface area contributed by atoms with Gasteiger partial charge in [-0.05, 0) is 36.5 Å². The van der Waals surface area contributed by atoms with E-state index in [2.05, 4.69) is 19.2 Å². The van der Waals surface area contributed by atoms with Crippen LogP contribution in [0.1, 0.15) is 43.5 Å². The summed E-state index contributed by atoms with van der Waals surface area (Å²) in [4.78, 5) is 11.2. The molecule has 4 nitrogen and oxygen atoms in total. The van der Waals surface area contributed by atoms with Gasteiger partial charge in [0.15, 0.2) is 0 Å². The normalized spacial score (nSPS) is 21.8. The predicted molar refractivity (Wildman–Crippen MR) is 74.4 cm³/mol. The van der Waals surface area contributed by atoms with Crippen molar-refractivity contribution in [2.24, 2.45) is 11.1 Å². The summed E-state index contributed by atoms with van der Waals surface area (Å²) in [7, 11) is 0. The summed E-state index contributed by atoms with van der Waals surface area (Å²) in [6.07, 6.45) is 3.56. The number of rotatable bonds is 3. The highest BCUT2D eigenvalue weighted by Crippen LogP contribution is 2.39. The Kier molecular flexibility index (Phi) is 3.20. The number of nitrogens with two attached hydrogens (primary N) is 2. The van der Waals surface area contributed by atoms with E-state index in [0.29, 0.717) is 17.3 Å². The molecule has 1 atom stereocenters. The average molecular weight is 247 g/mol. The summed E-state index contributed by atoms with van der Waals surface area (Å²) in [5, 5.41) is 3.46. The molecule has 0 spiro atoms. The van der Waals surface area contributed by atoms with Crippen LogP contribution in [0.3, 0.4) is 0 Å². The Bertz CT molecular complexity index is 468. The van der Waals surface area contributed by atoms with Gasteiger partial charge < -0.3 is 16.8 Å². The minimum absolute atomic E-state index is 0.259. The molecular formula is C14H21N3O. The second-order valence-electron chi connectivity index (χ2n) is 5.74. The second kappa shape index (κ2) is 4.52. The van der Waals surface area contributed by atoms with E-state index < -0.39 is 5.91 Å². The van der Waals surface area contributed by atoms with Crippen LogP contribution in [-0.4, -0.2) is 11.9 Å². The molecule has 5 N–H and O–H groups in total. The molecule has 0 aliphatic heterocycles. The van der Waals surface area contributed by atoms with Crippen LogP contribution in [0, 0.1) is 5.41 Å². The fourth-order valence-corrected chi connectivity index (χ4v) is 2.62. The third kappa shape index (κ3) is 2.42. The number of carbonyl (C=O) groups excluding carboxylic acids is 1. The van der Waals surface area contributed by atoms with E-state index in [1.54, 1.807) is 18.2 Å². The minimum Gasteiger partial charge on any atom is -0.397 e. The highest BCUT2D eigenvalue weighted by Gasteiger charge is 2.34. The fourth-order valence-electron chi connectivity index (χ4n) is 2.62. The minimum atomic E-state index is -0.427. The van der Waals surface area contributed by atoms with Gasteiger partial charge in [0.05, 0.1) is 11.4 Å². The first kappa shape index (κ1) is 12.7. The lowest BCUT2D eigenvalue weighted by atomic mass is 9.87. The molecule has 0 saturated heterocycles. The van der Waals surface area contributed by atoms with Gasteiger partial charge in [0.25, 0.3) is 0 Å². The molecule has 1 aliphatic rings. The number of nitrogens with one attached hydrogen (secondary N) is 1. The smallest absolute Gasteiger partial charge is 0.248 e. The maximum atomic E-state index is 11.2. The molecule has 1 aromatic carbocycles. The van der Waals surface area contributed by atoms with Gasteiger partial charge in [-0.25, -0.2) is 0 Å². The predicted octanol–water partition coefficient (Wildman–Crippen LogP) is 2.36. The molecule has 0 radical (unpaired) electrons. The van der Waals surface area contributed by atoms with E-state index in [4.69, 9.17) is 11.5 Å². The summed E-state index contributed by atoms with van der Waals surface area (Å²) >= 11 is 0. The average Bonchev–Trinajstić information content (AvgIpc) is 2.61. The van der Waals surface area contributed by atoms with Gasteiger partial charge in [-0.3, -0.25) is 4.79 Å². The van der Waals surface area contributed by atoms with Gasteiger partial charge in [-0.2, -0.15) is 0 Å². The number of hydrogen-bond acceptors (Lipinski definition) is 3. The van der Waals surface area contributed by atoms with Gasteiger partial charge in [-0.15, -0.1) is 0 Å². The number of nitrogen functional groups attached to an aromatic ring is 1. The van der Waals surface area contributed by atoms with Crippen molar-refractivity contribution in [2.75, 3.05) is 11.1 Å². The van der Waals surface area contributed by atoms with Crippen LogP contribution in [0.15, 0.2) is 18.2 Å². The molecule has 0 bridgehead atoms. The molecule has 2 rings (SSSR count). The van der Waals surface area contributed by atoms with Gasteiger partial charge in [0.2, 0.25) is 5.91 Å². The topological polar surface area (TPSA) is 81.1 Å². The van der Waals surface area contributed by atoms with Crippen molar-refractivity contribution in [3.63, 3.8) is 0 Å². The fraction of sp³-hybridized carbons (Fsp3) is 0.500. The Hall–Kier alpha value is -1.71. The molecule has 1 aromatic rings. The van der Waals surface area contributed by atoms with E-state index in [-0.39, 0.29) is 5.41 Å². The molecule has 1 aliphatic carbocycles. The number of carbonyl (C=O) groups is 1. The van der Waals surface area contributed by atoms with Crippen LogP contribution in [0.5, 0.6) is 0 Å². The van der Waals surface area contributed by atoms with Crippen LogP contribution in [0.4, 0.5) is 11.4 Å². The molecule has 0 aromatic heterocycles. The van der Waals surface area contributed by atoms with Crippen molar-refractivity contribution >= 4 is 17.3 Å². The van der Waals surface area contributed by atoms with Gasteiger partial charge in [-0.1, -0.05) is 20.3 Å². The van der Waals surface area contributed by atoms with Crippen molar-refractivity contribution in [3.05, 3.63) is 23.8 Å². The van der Waals surface area contributed by atoms with Crippen LogP contribution in [0.25, 0.3) is 0 Å². The van der Waals surface area contributed by atoms with E-state index in [1.807, 2.05) is 0 Å². The summed E-state index contributed by atoms with van der Waals surface area (Å²) in [5.74, 6) is -0.427. The van der Waals surface area contributed by atoms with Crippen LogP contribution in [-0.2, 0) is 0 Å². The Morgan fingerprint density at radius 2 is 2.17 bits per heavy atom. The summed E-state index contributed by atoms with van der Waals surface area (Å²) in [5.41, 5.74) is 13.4. The third-order valence-corrected chi connectivity index (χ3v) is 3.92. The highest BCUT2D eigenvalue weighted by molar-refractivity contribution is 5.94. The standard InChI is InChI=1S/C14H21N3O/c1-14(2)7-3-4-12(14)17-11-8-9(13(16)18)5-6-10(11)15/h5-6,8,12,17H,3-4,7,15H2,1-2H3,(H2,16,18). The molecular weight excluding hydrogens is 226 g/mol. The van der Waals surface area contributed by atoms with Crippen LogP contribution in [0.2, 0.25) is 0 Å². The molecule has 4 heteroatoms. The van der Waals surface area contributed by atoms with Crippen molar-refractivity contribution in [1.82, 2.24) is 0 Å². The second-order valence-corrected chi connectivity index (χ2v) is 5.74. The zero-order valence-corrected chi connectivity index (χ0v) is 11.0. The molecule has 98 valence electrons. The Labute approximate surface area is 108 Å². The van der Waals surface area contributed by atoms with E-state index in [9.17, 15) is 4.79 Å².